The smallest absolute Gasteiger partial charge is 0.278 e. The van der Waals surface area contributed by atoms with Crippen molar-refractivity contribution < 1.29 is 0 Å². The molecule has 0 fully saturated rings. The summed E-state index contributed by atoms with van der Waals surface area (Å²) in [5, 5.41) is 11.6. The van der Waals surface area contributed by atoms with Crippen LogP contribution in [0.1, 0.15) is 50.9 Å². The zero-order chi connectivity index (χ0) is 22.4. The molecule has 0 bridgehead atoms. The van der Waals surface area contributed by atoms with Gasteiger partial charge in [-0.15, -0.1) is 0 Å². The van der Waals surface area contributed by atoms with E-state index in [1.165, 1.54) is 11.1 Å². The summed E-state index contributed by atoms with van der Waals surface area (Å²) in [6.07, 6.45) is 6.32. The Hall–Kier alpha value is -3.46. The zero-order valence-corrected chi connectivity index (χ0v) is 18.8. The van der Waals surface area contributed by atoms with Crippen molar-refractivity contribution in [3.8, 4) is 5.69 Å². The molecule has 0 atom stereocenters. The Morgan fingerprint density at radius 1 is 1.09 bits per heavy atom. The van der Waals surface area contributed by atoms with Gasteiger partial charge in [-0.3, -0.25) is 9.48 Å². The Morgan fingerprint density at radius 3 is 2.69 bits per heavy atom. The average molecular weight is 433 g/mol. The Bertz CT molecular complexity index is 1340. The SMILES string of the molecule is CC(C)n1cc(-n2c3nc(Nc4ccc5c(c4)CCNC5)ncc3c(=O)n2C(C)C)cn1. The number of benzene rings is 1. The number of anilines is 2. The fraction of sp³-hybridized carbons (Fsp3) is 0.391. The Kier molecular flexibility index (Phi) is 5.05. The van der Waals surface area contributed by atoms with Crippen LogP contribution >= 0.6 is 0 Å². The first-order chi connectivity index (χ1) is 15.4. The van der Waals surface area contributed by atoms with Crippen molar-refractivity contribution in [2.75, 3.05) is 11.9 Å². The third-order valence-corrected chi connectivity index (χ3v) is 5.82. The van der Waals surface area contributed by atoms with Crippen LogP contribution in [0.4, 0.5) is 11.6 Å². The predicted octanol–water partition coefficient (Wildman–Crippen LogP) is 3.33. The number of hydrogen-bond acceptors (Lipinski definition) is 6. The molecule has 0 spiro atoms. The molecule has 0 amide bonds. The number of fused-ring (bicyclic) bond motifs is 2. The zero-order valence-electron chi connectivity index (χ0n) is 18.8. The summed E-state index contributed by atoms with van der Waals surface area (Å²) in [5.41, 5.74) is 4.84. The maximum Gasteiger partial charge on any atom is 0.278 e. The van der Waals surface area contributed by atoms with E-state index >= 15 is 0 Å². The van der Waals surface area contributed by atoms with Gasteiger partial charge in [0.15, 0.2) is 5.65 Å². The lowest BCUT2D eigenvalue weighted by Gasteiger charge is -2.18. The number of nitrogens with zero attached hydrogens (tertiary/aromatic N) is 6. The van der Waals surface area contributed by atoms with E-state index < -0.39 is 0 Å². The number of rotatable bonds is 5. The molecule has 0 unspecified atom stereocenters. The molecule has 4 heterocycles. The van der Waals surface area contributed by atoms with Crippen molar-refractivity contribution in [3.05, 3.63) is 58.3 Å². The van der Waals surface area contributed by atoms with E-state index in [0.29, 0.717) is 17.0 Å². The fourth-order valence-corrected chi connectivity index (χ4v) is 4.18. The molecule has 0 radical (unpaired) electrons. The van der Waals surface area contributed by atoms with Crippen LogP contribution in [-0.2, 0) is 13.0 Å². The number of hydrogen-bond donors (Lipinski definition) is 2. The topological polar surface area (TPSA) is 94.6 Å². The number of aromatic nitrogens is 6. The lowest BCUT2D eigenvalue weighted by molar-refractivity contribution is 0.475. The molecule has 9 heteroatoms. The second-order valence-electron chi connectivity index (χ2n) is 8.79. The van der Waals surface area contributed by atoms with Crippen molar-refractivity contribution in [1.29, 1.82) is 0 Å². The largest absolute Gasteiger partial charge is 0.324 e. The van der Waals surface area contributed by atoms with Gasteiger partial charge in [0.2, 0.25) is 5.95 Å². The van der Waals surface area contributed by atoms with Crippen molar-refractivity contribution in [1.82, 2.24) is 34.4 Å². The van der Waals surface area contributed by atoms with Gasteiger partial charge in [-0.1, -0.05) is 6.07 Å². The average Bonchev–Trinajstić information content (AvgIpc) is 3.37. The molecule has 1 aliphatic heterocycles. The Labute approximate surface area is 186 Å². The molecule has 166 valence electrons. The van der Waals surface area contributed by atoms with Crippen LogP contribution in [0.2, 0.25) is 0 Å². The van der Waals surface area contributed by atoms with E-state index in [4.69, 9.17) is 4.98 Å². The maximum atomic E-state index is 13.1. The molecule has 4 aromatic rings. The van der Waals surface area contributed by atoms with E-state index in [1.807, 2.05) is 35.5 Å². The molecule has 0 saturated carbocycles. The van der Waals surface area contributed by atoms with Gasteiger partial charge in [-0.2, -0.15) is 10.1 Å². The van der Waals surface area contributed by atoms with Gasteiger partial charge in [-0.25, -0.2) is 14.3 Å². The van der Waals surface area contributed by atoms with E-state index in [-0.39, 0.29) is 17.6 Å². The quantitative estimate of drug-likeness (QED) is 0.502. The molecule has 0 saturated heterocycles. The van der Waals surface area contributed by atoms with Gasteiger partial charge in [0.1, 0.15) is 11.1 Å². The van der Waals surface area contributed by atoms with Crippen LogP contribution < -0.4 is 16.2 Å². The van der Waals surface area contributed by atoms with E-state index in [2.05, 4.69) is 46.7 Å². The van der Waals surface area contributed by atoms with Gasteiger partial charge < -0.3 is 10.6 Å². The highest BCUT2D eigenvalue weighted by molar-refractivity contribution is 5.77. The maximum absolute atomic E-state index is 13.1. The van der Waals surface area contributed by atoms with Crippen molar-refractivity contribution in [2.45, 2.75) is 52.7 Å². The highest BCUT2D eigenvalue weighted by atomic mass is 16.1. The molecular formula is C23H28N8O. The summed E-state index contributed by atoms with van der Waals surface area (Å²) in [6.45, 7) is 9.99. The lowest BCUT2D eigenvalue weighted by atomic mass is 10.0. The summed E-state index contributed by atoms with van der Waals surface area (Å²) >= 11 is 0. The van der Waals surface area contributed by atoms with Gasteiger partial charge in [0, 0.05) is 30.5 Å². The third-order valence-electron chi connectivity index (χ3n) is 5.82. The Balaban J connectivity index is 1.60. The first kappa shape index (κ1) is 20.4. The molecule has 0 aliphatic carbocycles. The van der Waals surface area contributed by atoms with Crippen LogP contribution in [0.3, 0.4) is 0 Å². The normalized spacial score (nSPS) is 13.8. The fourth-order valence-electron chi connectivity index (χ4n) is 4.18. The van der Waals surface area contributed by atoms with E-state index in [0.717, 1.165) is 30.9 Å². The van der Waals surface area contributed by atoms with Crippen molar-refractivity contribution in [3.63, 3.8) is 0 Å². The van der Waals surface area contributed by atoms with Crippen LogP contribution in [0.5, 0.6) is 0 Å². The highest BCUT2D eigenvalue weighted by Crippen LogP contribution is 2.23. The second-order valence-corrected chi connectivity index (χ2v) is 8.79. The monoisotopic (exact) mass is 432 g/mol. The Morgan fingerprint density at radius 2 is 1.94 bits per heavy atom. The van der Waals surface area contributed by atoms with Crippen molar-refractivity contribution >= 4 is 22.7 Å². The summed E-state index contributed by atoms with van der Waals surface area (Å²) < 4.78 is 5.43. The summed E-state index contributed by atoms with van der Waals surface area (Å²) in [4.78, 5) is 22.3. The minimum absolute atomic E-state index is 0.0511. The van der Waals surface area contributed by atoms with Crippen molar-refractivity contribution in [2.24, 2.45) is 0 Å². The van der Waals surface area contributed by atoms with Gasteiger partial charge in [0.25, 0.3) is 5.56 Å². The summed E-state index contributed by atoms with van der Waals surface area (Å²) in [7, 11) is 0. The summed E-state index contributed by atoms with van der Waals surface area (Å²) in [6, 6.07) is 6.50. The van der Waals surface area contributed by atoms with Gasteiger partial charge in [-0.05, 0) is 63.9 Å². The number of nitrogens with one attached hydrogen (secondary N) is 2. The van der Waals surface area contributed by atoms with Gasteiger partial charge >= 0.3 is 0 Å². The van der Waals surface area contributed by atoms with Crippen LogP contribution in [0, 0.1) is 0 Å². The molecule has 1 aromatic carbocycles. The molecule has 5 rings (SSSR count). The third kappa shape index (κ3) is 3.48. The molecule has 9 nitrogen and oxygen atoms in total. The van der Waals surface area contributed by atoms with Gasteiger partial charge in [0.05, 0.1) is 12.4 Å². The first-order valence-corrected chi connectivity index (χ1v) is 11.1. The first-order valence-electron chi connectivity index (χ1n) is 11.1. The molecular weight excluding hydrogens is 404 g/mol. The van der Waals surface area contributed by atoms with Crippen LogP contribution in [0.25, 0.3) is 16.7 Å². The standard InChI is InChI=1S/C23H28N8O/c1-14(2)29-13-19(11-26-29)31-21-20(22(32)30(31)15(3)4)12-25-23(28-21)27-18-6-5-17-10-24-8-7-16(17)9-18/h5-6,9,11-15,24H,7-8,10H2,1-4H3,(H,25,27,28). The second kappa shape index (κ2) is 7.90. The van der Waals surface area contributed by atoms with Crippen LogP contribution in [0.15, 0.2) is 41.6 Å². The highest BCUT2D eigenvalue weighted by Gasteiger charge is 2.20. The molecule has 1 aliphatic rings. The summed E-state index contributed by atoms with van der Waals surface area (Å²) in [5.74, 6) is 0.456. The molecule has 3 aromatic heterocycles. The van der Waals surface area contributed by atoms with E-state index in [9.17, 15) is 4.79 Å². The minimum atomic E-state index is -0.111. The minimum Gasteiger partial charge on any atom is -0.324 e. The van der Waals surface area contributed by atoms with E-state index in [1.54, 1.807) is 17.1 Å². The molecule has 2 N–H and O–H groups in total. The predicted molar refractivity (Wildman–Crippen MR) is 125 cm³/mol. The van der Waals surface area contributed by atoms with Crippen LogP contribution in [-0.4, -0.2) is 35.7 Å². The lowest BCUT2D eigenvalue weighted by Crippen LogP contribution is -2.24. The molecule has 32 heavy (non-hydrogen) atoms.